The lowest BCUT2D eigenvalue weighted by molar-refractivity contribution is 0.199. The van der Waals surface area contributed by atoms with Crippen LogP contribution < -0.4 is 4.90 Å². The standard InChI is InChI=1S/C15H23ClN2O/c1-3-6-17-7-9-18(10-8-17)15-5-4-13(12(2)19)11-14(15)16/h4-5,11-12,19H,3,6-10H2,1-2H3/t12-/m0/s1. The second-order valence-electron chi connectivity index (χ2n) is 5.22. The van der Waals surface area contributed by atoms with Crippen molar-refractivity contribution in [2.24, 2.45) is 0 Å². The van der Waals surface area contributed by atoms with E-state index in [-0.39, 0.29) is 0 Å². The first-order chi connectivity index (χ1) is 9.11. The zero-order chi connectivity index (χ0) is 13.8. The first kappa shape index (κ1) is 14.6. The van der Waals surface area contributed by atoms with Crippen LogP contribution in [0.25, 0.3) is 0 Å². The number of aliphatic hydroxyl groups is 1. The van der Waals surface area contributed by atoms with Crippen LogP contribution >= 0.6 is 11.6 Å². The molecule has 1 saturated heterocycles. The van der Waals surface area contributed by atoms with E-state index in [4.69, 9.17) is 11.6 Å². The van der Waals surface area contributed by atoms with Crippen molar-refractivity contribution in [3.63, 3.8) is 0 Å². The maximum absolute atomic E-state index is 9.56. The maximum Gasteiger partial charge on any atom is 0.0762 e. The van der Waals surface area contributed by atoms with Gasteiger partial charge >= 0.3 is 0 Å². The largest absolute Gasteiger partial charge is 0.389 e. The zero-order valence-corrected chi connectivity index (χ0v) is 12.5. The third-order valence-corrected chi connectivity index (χ3v) is 4.01. The van der Waals surface area contributed by atoms with E-state index >= 15 is 0 Å². The molecule has 1 fully saturated rings. The molecule has 0 amide bonds. The Kier molecular flexibility index (Phi) is 5.08. The molecule has 1 atom stereocenters. The Morgan fingerprint density at radius 3 is 2.47 bits per heavy atom. The Balaban J connectivity index is 2.03. The highest BCUT2D eigenvalue weighted by Gasteiger charge is 2.18. The Morgan fingerprint density at radius 1 is 1.26 bits per heavy atom. The fourth-order valence-electron chi connectivity index (χ4n) is 2.57. The predicted molar refractivity (Wildman–Crippen MR) is 81.0 cm³/mol. The molecule has 0 unspecified atom stereocenters. The lowest BCUT2D eigenvalue weighted by Crippen LogP contribution is -2.46. The van der Waals surface area contributed by atoms with Crippen molar-refractivity contribution in [3.8, 4) is 0 Å². The number of benzene rings is 1. The molecule has 1 heterocycles. The SMILES string of the molecule is CCCN1CCN(c2ccc([C@H](C)O)cc2Cl)CC1. The van der Waals surface area contributed by atoms with Gasteiger partial charge in [-0.25, -0.2) is 0 Å². The number of hydrogen-bond donors (Lipinski definition) is 1. The summed E-state index contributed by atoms with van der Waals surface area (Å²) in [5.74, 6) is 0. The molecule has 3 nitrogen and oxygen atoms in total. The number of halogens is 1. The van der Waals surface area contributed by atoms with Gasteiger partial charge < -0.3 is 10.0 Å². The van der Waals surface area contributed by atoms with E-state index in [2.05, 4.69) is 16.7 Å². The molecular formula is C15H23ClN2O. The summed E-state index contributed by atoms with van der Waals surface area (Å²) in [5, 5.41) is 10.3. The molecule has 1 aliphatic heterocycles. The highest BCUT2D eigenvalue weighted by atomic mass is 35.5. The molecule has 19 heavy (non-hydrogen) atoms. The molecule has 0 aliphatic carbocycles. The number of anilines is 1. The van der Waals surface area contributed by atoms with Crippen LogP contribution in [0.5, 0.6) is 0 Å². The van der Waals surface area contributed by atoms with Gasteiger partial charge in [0.2, 0.25) is 0 Å². The molecular weight excluding hydrogens is 260 g/mol. The van der Waals surface area contributed by atoms with E-state index in [1.54, 1.807) is 6.92 Å². The topological polar surface area (TPSA) is 26.7 Å². The van der Waals surface area contributed by atoms with Crippen molar-refractivity contribution >= 4 is 17.3 Å². The lowest BCUT2D eigenvalue weighted by Gasteiger charge is -2.36. The second kappa shape index (κ2) is 6.60. The van der Waals surface area contributed by atoms with Crippen LogP contribution in [0, 0.1) is 0 Å². The first-order valence-corrected chi connectivity index (χ1v) is 7.44. The van der Waals surface area contributed by atoms with Crippen molar-refractivity contribution in [1.29, 1.82) is 0 Å². The number of hydrogen-bond acceptors (Lipinski definition) is 3. The lowest BCUT2D eigenvalue weighted by atomic mass is 10.1. The van der Waals surface area contributed by atoms with Crippen LogP contribution in [0.3, 0.4) is 0 Å². The van der Waals surface area contributed by atoms with E-state index in [0.717, 1.165) is 42.5 Å². The van der Waals surface area contributed by atoms with Crippen molar-refractivity contribution in [3.05, 3.63) is 28.8 Å². The fraction of sp³-hybridized carbons (Fsp3) is 0.600. The van der Waals surface area contributed by atoms with Crippen LogP contribution in [-0.2, 0) is 0 Å². The molecule has 1 N–H and O–H groups in total. The number of rotatable bonds is 4. The summed E-state index contributed by atoms with van der Waals surface area (Å²) in [7, 11) is 0. The van der Waals surface area contributed by atoms with Gasteiger partial charge in [0.15, 0.2) is 0 Å². The van der Waals surface area contributed by atoms with E-state index in [0.29, 0.717) is 0 Å². The molecule has 2 rings (SSSR count). The van der Waals surface area contributed by atoms with Crippen LogP contribution in [0.4, 0.5) is 5.69 Å². The van der Waals surface area contributed by atoms with Crippen LogP contribution in [0.15, 0.2) is 18.2 Å². The Labute approximate surface area is 120 Å². The minimum Gasteiger partial charge on any atom is -0.389 e. The molecule has 1 aromatic carbocycles. The van der Waals surface area contributed by atoms with Crippen LogP contribution in [0.1, 0.15) is 31.9 Å². The average Bonchev–Trinajstić information content (AvgIpc) is 2.40. The minimum atomic E-state index is -0.465. The molecule has 1 aliphatic rings. The maximum atomic E-state index is 9.56. The number of aliphatic hydroxyl groups excluding tert-OH is 1. The minimum absolute atomic E-state index is 0.465. The summed E-state index contributed by atoms with van der Waals surface area (Å²) >= 11 is 6.34. The molecule has 106 valence electrons. The summed E-state index contributed by atoms with van der Waals surface area (Å²) < 4.78 is 0. The second-order valence-corrected chi connectivity index (χ2v) is 5.62. The highest BCUT2D eigenvalue weighted by Crippen LogP contribution is 2.29. The van der Waals surface area contributed by atoms with Crippen molar-refractivity contribution in [2.45, 2.75) is 26.4 Å². The van der Waals surface area contributed by atoms with Gasteiger partial charge in [-0.05, 0) is 37.6 Å². The highest BCUT2D eigenvalue weighted by molar-refractivity contribution is 6.33. The zero-order valence-electron chi connectivity index (χ0n) is 11.8. The predicted octanol–water partition coefficient (Wildman–Crippen LogP) is 2.93. The molecule has 1 aromatic rings. The van der Waals surface area contributed by atoms with E-state index in [1.165, 1.54) is 13.0 Å². The van der Waals surface area contributed by atoms with Crippen molar-refractivity contribution < 1.29 is 5.11 Å². The number of piperazine rings is 1. The van der Waals surface area contributed by atoms with E-state index in [1.807, 2.05) is 18.2 Å². The molecule has 0 saturated carbocycles. The van der Waals surface area contributed by atoms with Gasteiger partial charge in [-0.15, -0.1) is 0 Å². The Hall–Kier alpha value is -0.770. The fourth-order valence-corrected chi connectivity index (χ4v) is 2.88. The molecule has 0 spiro atoms. The molecule has 4 heteroatoms. The smallest absolute Gasteiger partial charge is 0.0762 e. The molecule has 0 radical (unpaired) electrons. The summed E-state index contributed by atoms with van der Waals surface area (Å²) in [6.45, 7) is 9.40. The van der Waals surface area contributed by atoms with E-state index < -0.39 is 6.10 Å². The first-order valence-electron chi connectivity index (χ1n) is 7.06. The van der Waals surface area contributed by atoms with Gasteiger partial charge in [-0.2, -0.15) is 0 Å². The molecule has 0 aromatic heterocycles. The third kappa shape index (κ3) is 3.62. The van der Waals surface area contributed by atoms with Crippen LogP contribution in [-0.4, -0.2) is 42.7 Å². The van der Waals surface area contributed by atoms with Gasteiger partial charge in [0.25, 0.3) is 0 Å². The summed E-state index contributed by atoms with van der Waals surface area (Å²) in [5.41, 5.74) is 1.96. The van der Waals surface area contributed by atoms with E-state index in [9.17, 15) is 5.11 Å². The summed E-state index contributed by atoms with van der Waals surface area (Å²) in [6.07, 6.45) is 0.747. The van der Waals surface area contributed by atoms with Gasteiger partial charge in [-0.1, -0.05) is 24.6 Å². The quantitative estimate of drug-likeness (QED) is 0.920. The van der Waals surface area contributed by atoms with Gasteiger partial charge in [0.1, 0.15) is 0 Å². The number of nitrogens with zero attached hydrogens (tertiary/aromatic N) is 2. The summed E-state index contributed by atoms with van der Waals surface area (Å²) in [6, 6.07) is 5.87. The normalized spacial score (nSPS) is 18.6. The van der Waals surface area contributed by atoms with Crippen molar-refractivity contribution in [2.75, 3.05) is 37.6 Å². The monoisotopic (exact) mass is 282 g/mol. The van der Waals surface area contributed by atoms with Gasteiger partial charge in [-0.3, -0.25) is 4.90 Å². The summed E-state index contributed by atoms with van der Waals surface area (Å²) in [4.78, 5) is 4.83. The Morgan fingerprint density at radius 2 is 1.95 bits per heavy atom. The van der Waals surface area contributed by atoms with Crippen molar-refractivity contribution in [1.82, 2.24) is 4.90 Å². The molecule has 0 bridgehead atoms. The Bertz CT molecular complexity index is 415. The third-order valence-electron chi connectivity index (χ3n) is 3.71. The van der Waals surface area contributed by atoms with Crippen LogP contribution in [0.2, 0.25) is 5.02 Å². The average molecular weight is 283 g/mol. The van der Waals surface area contributed by atoms with Gasteiger partial charge in [0.05, 0.1) is 16.8 Å². The van der Waals surface area contributed by atoms with Gasteiger partial charge in [0, 0.05) is 26.2 Å².